The van der Waals surface area contributed by atoms with Crippen LogP contribution in [-0.4, -0.2) is 31.6 Å². The third kappa shape index (κ3) is 4.82. The lowest BCUT2D eigenvalue weighted by Gasteiger charge is -2.39. The van der Waals surface area contributed by atoms with E-state index in [-0.39, 0.29) is 5.41 Å². The number of nitrogens with zero attached hydrogens (tertiary/aromatic N) is 1. The van der Waals surface area contributed by atoms with Gasteiger partial charge in [0.25, 0.3) is 0 Å². The standard InChI is InChI=1S/C19H32N2/c1-5-13-21(14-16-11-12-16)15-19(2,3)18(20-4)17-9-7-6-8-10-17/h6-10,16,18,20H,5,11-15H2,1-4H3. The summed E-state index contributed by atoms with van der Waals surface area (Å²) in [5.41, 5.74) is 1.62. The van der Waals surface area contributed by atoms with Crippen LogP contribution in [0.5, 0.6) is 0 Å². The van der Waals surface area contributed by atoms with E-state index >= 15 is 0 Å². The van der Waals surface area contributed by atoms with Gasteiger partial charge < -0.3 is 10.2 Å². The van der Waals surface area contributed by atoms with Crippen molar-refractivity contribution in [1.82, 2.24) is 10.2 Å². The molecule has 1 fully saturated rings. The Morgan fingerprint density at radius 1 is 1.24 bits per heavy atom. The predicted octanol–water partition coefficient (Wildman–Crippen LogP) is 4.10. The van der Waals surface area contributed by atoms with E-state index in [0.29, 0.717) is 6.04 Å². The van der Waals surface area contributed by atoms with E-state index in [1.165, 1.54) is 37.9 Å². The lowest BCUT2D eigenvalue weighted by molar-refractivity contribution is 0.135. The third-order valence-electron chi connectivity index (χ3n) is 4.59. The van der Waals surface area contributed by atoms with Crippen LogP contribution in [0, 0.1) is 11.3 Å². The average Bonchev–Trinajstić information content (AvgIpc) is 3.24. The van der Waals surface area contributed by atoms with Gasteiger partial charge >= 0.3 is 0 Å². The summed E-state index contributed by atoms with van der Waals surface area (Å²) in [4.78, 5) is 2.69. The molecular weight excluding hydrogens is 256 g/mol. The number of hydrogen-bond acceptors (Lipinski definition) is 2. The van der Waals surface area contributed by atoms with Crippen LogP contribution in [0.1, 0.15) is 51.6 Å². The van der Waals surface area contributed by atoms with Gasteiger partial charge in [0.2, 0.25) is 0 Å². The fraction of sp³-hybridized carbons (Fsp3) is 0.684. The Bertz CT molecular complexity index is 409. The van der Waals surface area contributed by atoms with Gasteiger partial charge in [0, 0.05) is 19.1 Å². The lowest BCUT2D eigenvalue weighted by atomic mass is 9.80. The van der Waals surface area contributed by atoms with Crippen LogP contribution in [0.3, 0.4) is 0 Å². The number of benzene rings is 1. The van der Waals surface area contributed by atoms with Gasteiger partial charge in [-0.1, -0.05) is 51.1 Å². The number of hydrogen-bond donors (Lipinski definition) is 1. The molecule has 0 radical (unpaired) electrons. The minimum Gasteiger partial charge on any atom is -0.313 e. The SMILES string of the molecule is CCCN(CC1CC1)CC(C)(C)C(NC)c1ccccc1. The summed E-state index contributed by atoms with van der Waals surface area (Å²) in [7, 11) is 2.09. The van der Waals surface area contributed by atoms with Crippen LogP contribution < -0.4 is 5.32 Å². The fourth-order valence-electron chi connectivity index (χ4n) is 3.54. The smallest absolute Gasteiger partial charge is 0.0381 e. The van der Waals surface area contributed by atoms with Crippen LogP contribution in [-0.2, 0) is 0 Å². The van der Waals surface area contributed by atoms with Gasteiger partial charge in [-0.25, -0.2) is 0 Å². The first-order valence-corrected chi connectivity index (χ1v) is 8.51. The van der Waals surface area contributed by atoms with Crippen molar-refractivity contribution in [2.45, 2.75) is 46.1 Å². The Morgan fingerprint density at radius 2 is 1.90 bits per heavy atom. The Kier molecular flexibility index (Phi) is 5.83. The maximum Gasteiger partial charge on any atom is 0.0381 e. The summed E-state index contributed by atoms with van der Waals surface area (Å²) in [5.74, 6) is 0.970. The zero-order chi connectivity index (χ0) is 15.3. The second kappa shape index (κ2) is 7.42. The van der Waals surface area contributed by atoms with E-state index in [9.17, 15) is 0 Å². The predicted molar refractivity (Wildman–Crippen MR) is 91.5 cm³/mol. The monoisotopic (exact) mass is 288 g/mol. The van der Waals surface area contributed by atoms with Gasteiger partial charge in [0.15, 0.2) is 0 Å². The van der Waals surface area contributed by atoms with Gasteiger partial charge in [-0.2, -0.15) is 0 Å². The summed E-state index contributed by atoms with van der Waals surface area (Å²) in [6.07, 6.45) is 4.13. The Labute approximate surface area is 130 Å². The summed E-state index contributed by atoms with van der Waals surface area (Å²) >= 11 is 0. The molecule has 1 N–H and O–H groups in total. The molecule has 0 bridgehead atoms. The van der Waals surface area contributed by atoms with Gasteiger partial charge in [-0.3, -0.25) is 0 Å². The summed E-state index contributed by atoms with van der Waals surface area (Å²) in [5, 5.41) is 3.55. The first kappa shape index (κ1) is 16.5. The molecule has 2 nitrogen and oxygen atoms in total. The van der Waals surface area contributed by atoms with Crippen molar-refractivity contribution in [3.05, 3.63) is 35.9 Å². The molecule has 0 spiro atoms. The molecule has 1 aromatic rings. The molecule has 1 aliphatic rings. The summed E-state index contributed by atoms with van der Waals surface area (Å²) < 4.78 is 0. The van der Waals surface area contributed by atoms with E-state index in [4.69, 9.17) is 0 Å². The molecule has 1 aromatic carbocycles. The normalized spacial score (nSPS) is 17.2. The molecule has 0 aromatic heterocycles. The lowest BCUT2D eigenvalue weighted by Crippen LogP contribution is -2.43. The highest BCUT2D eigenvalue weighted by molar-refractivity contribution is 5.21. The zero-order valence-corrected chi connectivity index (χ0v) is 14.2. The minimum absolute atomic E-state index is 0.222. The molecule has 0 saturated heterocycles. The number of nitrogens with one attached hydrogen (secondary N) is 1. The molecule has 1 saturated carbocycles. The highest BCUT2D eigenvalue weighted by atomic mass is 15.1. The molecular formula is C19H32N2. The third-order valence-corrected chi connectivity index (χ3v) is 4.59. The molecule has 118 valence electrons. The zero-order valence-electron chi connectivity index (χ0n) is 14.2. The van der Waals surface area contributed by atoms with Crippen molar-refractivity contribution in [3.63, 3.8) is 0 Å². The molecule has 1 atom stereocenters. The largest absolute Gasteiger partial charge is 0.313 e. The van der Waals surface area contributed by atoms with Crippen LogP contribution in [0.4, 0.5) is 0 Å². The minimum atomic E-state index is 0.222. The van der Waals surface area contributed by atoms with E-state index in [2.05, 4.69) is 68.4 Å². The molecule has 0 heterocycles. The van der Waals surface area contributed by atoms with Crippen LogP contribution in [0.2, 0.25) is 0 Å². The van der Waals surface area contributed by atoms with Crippen molar-refractivity contribution in [3.8, 4) is 0 Å². The van der Waals surface area contributed by atoms with Crippen LogP contribution in [0.25, 0.3) is 0 Å². The average molecular weight is 288 g/mol. The number of rotatable bonds is 9. The highest BCUT2D eigenvalue weighted by Gasteiger charge is 2.33. The maximum atomic E-state index is 3.55. The Balaban J connectivity index is 2.05. The van der Waals surface area contributed by atoms with E-state index < -0.39 is 0 Å². The van der Waals surface area contributed by atoms with Crippen LogP contribution >= 0.6 is 0 Å². The Hall–Kier alpha value is -0.860. The quantitative estimate of drug-likeness (QED) is 0.736. The molecule has 2 heteroatoms. The van der Waals surface area contributed by atoms with Crippen molar-refractivity contribution in [1.29, 1.82) is 0 Å². The highest BCUT2D eigenvalue weighted by Crippen LogP contribution is 2.36. The van der Waals surface area contributed by atoms with Crippen molar-refractivity contribution < 1.29 is 0 Å². The molecule has 1 unspecified atom stereocenters. The van der Waals surface area contributed by atoms with Gasteiger partial charge in [0.1, 0.15) is 0 Å². The Morgan fingerprint density at radius 3 is 2.43 bits per heavy atom. The summed E-state index contributed by atoms with van der Waals surface area (Å²) in [6, 6.07) is 11.3. The van der Waals surface area contributed by atoms with Crippen molar-refractivity contribution in [2.75, 3.05) is 26.7 Å². The second-order valence-corrected chi connectivity index (χ2v) is 7.30. The van der Waals surface area contributed by atoms with E-state index in [0.717, 1.165) is 12.5 Å². The fourth-order valence-corrected chi connectivity index (χ4v) is 3.54. The summed E-state index contributed by atoms with van der Waals surface area (Å²) in [6.45, 7) is 10.8. The topological polar surface area (TPSA) is 15.3 Å². The molecule has 21 heavy (non-hydrogen) atoms. The van der Waals surface area contributed by atoms with E-state index in [1.54, 1.807) is 0 Å². The van der Waals surface area contributed by atoms with Gasteiger partial charge in [-0.15, -0.1) is 0 Å². The maximum absolute atomic E-state index is 3.55. The first-order chi connectivity index (χ1) is 10.1. The first-order valence-electron chi connectivity index (χ1n) is 8.51. The van der Waals surface area contributed by atoms with Crippen molar-refractivity contribution >= 4 is 0 Å². The molecule has 0 amide bonds. The molecule has 2 rings (SSSR count). The second-order valence-electron chi connectivity index (χ2n) is 7.30. The molecule has 0 aliphatic heterocycles. The van der Waals surface area contributed by atoms with Crippen molar-refractivity contribution in [2.24, 2.45) is 11.3 Å². The molecule has 1 aliphatic carbocycles. The van der Waals surface area contributed by atoms with E-state index in [1.807, 2.05) is 0 Å². The van der Waals surface area contributed by atoms with Gasteiger partial charge in [-0.05, 0) is 49.8 Å². The van der Waals surface area contributed by atoms with Gasteiger partial charge in [0.05, 0.1) is 0 Å². The van der Waals surface area contributed by atoms with Crippen LogP contribution in [0.15, 0.2) is 30.3 Å².